The Morgan fingerprint density at radius 2 is 2.08 bits per heavy atom. The van der Waals surface area contributed by atoms with Crippen LogP contribution in [-0.4, -0.2) is 23.3 Å². The van der Waals surface area contributed by atoms with Crippen molar-refractivity contribution in [3.63, 3.8) is 0 Å². The first kappa shape index (κ1) is 11.0. The Balaban J connectivity index is 2.22. The Kier molecular flexibility index (Phi) is 3.74. The van der Waals surface area contributed by atoms with E-state index in [4.69, 9.17) is 0 Å². The molecule has 0 aliphatic heterocycles. The van der Waals surface area contributed by atoms with E-state index >= 15 is 0 Å². The number of hydrogen-bond donors (Lipinski definition) is 2. The second-order valence-corrected chi connectivity index (χ2v) is 4.93. The van der Waals surface area contributed by atoms with Crippen LogP contribution in [0.3, 0.4) is 0 Å². The molecule has 1 aliphatic rings. The van der Waals surface area contributed by atoms with Crippen LogP contribution in [0.15, 0.2) is 0 Å². The lowest BCUT2D eigenvalue weighted by atomic mass is 10.0. The van der Waals surface area contributed by atoms with Crippen molar-refractivity contribution in [3.05, 3.63) is 0 Å². The zero-order valence-corrected chi connectivity index (χ0v) is 9.14. The van der Waals surface area contributed by atoms with Crippen LogP contribution < -0.4 is 5.32 Å². The van der Waals surface area contributed by atoms with Gasteiger partial charge in [0.15, 0.2) is 0 Å². The highest BCUT2D eigenvalue weighted by Gasteiger charge is 2.30. The second-order valence-electron chi connectivity index (χ2n) is 4.93. The van der Waals surface area contributed by atoms with Gasteiger partial charge in [-0.2, -0.15) is 0 Å². The van der Waals surface area contributed by atoms with E-state index in [0.29, 0.717) is 12.6 Å². The largest absolute Gasteiger partial charge is 0.389 e. The van der Waals surface area contributed by atoms with Gasteiger partial charge in [-0.3, -0.25) is 0 Å². The third-order valence-corrected chi connectivity index (χ3v) is 2.59. The number of hydrogen-bond acceptors (Lipinski definition) is 2. The number of aliphatic hydroxyl groups is 1. The molecule has 13 heavy (non-hydrogen) atoms. The van der Waals surface area contributed by atoms with Crippen molar-refractivity contribution in [1.29, 1.82) is 0 Å². The van der Waals surface area contributed by atoms with Crippen LogP contribution in [0.1, 0.15) is 46.5 Å². The topological polar surface area (TPSA) is 32.3 Å². The molecule has 0 spiro atoms. The fourth-order valence-electron chi connectivity index (χ4n) is 1.69. The van der Waals surface area contributed by atoms with Gasteiger partial charge in [-0.05, 0) is 39.0 Å². The SMILES string of the molecule is CCCC(NCC(C)(C)O)C1CC1. The lowest BCUT2D eigenvalue weighted by Crippen LogP contribution is -2.41. The van der Waals surface area contributed by atoms with E-state index in [1.165, 1.54) is 25.7 Å². The summed E-state index contributed by atoms with van der Waals surface area (Å²) < 4.78 is 0. The summed E-state index contributed by atoms with van der Waals surface area (Å²) in [5.74, 6) is 0.891. The molecule has 2 nitrogen and oxygen atoms in total. The Bertz CT molecular complexity index is 147. The fourth-order valence-corrected chi connectivity index (χ4v) is 1.69. The molecule has 1 saturated carbocycles. The van der Waals surface area contributed by atoms with Crippen LogP contribution in [0.4, 0.5) is 0 Å². The maximum Gasteiger partial charge on any atom is 0.0715 e. The maximum absolute atomic E-state index is 9.57. The van der Waals surface area contributed by atoms with Gasteiger partial charge in [0.1, 0.15) is 0 Å². The Morgan fingerprint density at radius 1 is 1.46 bits per heavy atom. The average molecular weight is 185 g/mol. The van der Waals surface area contributed by atoms with Crippen molar-refractivity contribution in [2.75, 3.05) is 6.54 Å². The summed E-state index contributed by atoms with van der Waals surface area (Å²) in [6.45, 7) is 6.65. The summed E-state index contributed by atoms with van der Waals surface area (Å²) in [6, 6.07) is 0.649. The van der Waals surface area contributed by atoms with Gasteiger partial charge >= 0.3 is 0 Å². The molecule has 1 aliphatic carbocycles. The van der Waals surface area contributed by atoms with Gasteiger partial charge in [-0.15, -0.1) is 0 Å². The molecule has 0 heterocycles. The van der Waals surface area contributed by atoms with Gasteiger partial charge < -0.3 is 10.4 Å². The van der Waals surface area contributed by atoms with Crippen LogP contribution in [0.25, 0.3) is 0 Å². The Hall–Kier alpha value is -0.0800. The fraction of sp³-hybridized carbons (Fsp3) is 1.00. The minimum absolute atomic E-state index is 0.569. The number of nitrogens with one attached hydrogen (secondary N) is 1. The van der Waals surface area contributed by atoms with Crippen LogP contribution in [0.2, 0.25) is 0 Å². The van der Waals surface area contributed by atoms with Crippen LogP contribution in [-0.2, 0) is 0 Å². The van der Waals surface area contributed by atoms with Gasteiger partial charge in [0.2, 0.25) is 0 Å². The highest BCUT2D eigenvalue weighted by Crippen LogP contribution is 2.34. The summed E-state index contributed by atoms with van der Waals surface area (Å²) in [5, 5.41) is 13.0. The van der Waals surface area contributed by atoms with Crippen LogP contribution in [0, 0.1) is 5.92 Å². The van der Waals surface area contributed by atoms with Crippen molar-refractivity contribution in [2.45, 2.75) is 58.1 Å². The molecule has 78 valence electrons. The van der Waals surface area contributed by atoms with Crippen molar-refractivity contribution in [3.8, 4) is 0 Å². The van der Waals surface area contributed by atoms with Gasteiger partial charge in [-0.1, -0.05) is 13.3 Å². The van der Waals surface area contributed by atoms with E-state index in [-0.39, 0.29) is 0 Å². The van der Waals surface area contributed by atoms with E-state index in [9.17, 15) is 5.11 Å². The molecular formula is C11H23NO. The Labute approximate surface area is 81.7 Å². The van der Waals surface area contributed by atoms with E-state index in [1.807, 2.05) is 13.8 Å². The van der Waals surface area contributed by atoms with Crippen LogP contribution in [0.5, 0.6) is 0 Å². The zero-order valence-electron chi connectivity index (χ0n) is 9.14. The molecule has 1 rings (SSSR count). The molecule has 0 amide bonds. The van der Waals surface area contributed by atoms with E-state index in [2.05, 4.69) is 12.2 Å². The molecule has 2 N–H and O–H groups in total. The van der Waals surface area contributed by atoms with Gasteiger partial charge in [0.25, 0.3) is 0 Å². The van der Waals surface area contributed by atoms with Crippen molar-refractivity contribution < 1.29 is 5.11 Å². The lowest BCUT2D eigenvalue weighted by molar-refractivity contribution is 0.0749. The van der Waals surface area contributed by atoms with Gasteiger partial charge in [0, 0.05) is 12.6 Å². The molecule has 0 aromatic heterocycles. The van der Waals surface area contributed by atoms with Crippen LogP contribution >= 0.6 is 0 Å². The monoisotopic (exact) mass is 185 g/mol. The molecule has 1 unspecified atom stereocenters. The third-order valence-electron chi connectivity index (χ3n) is 2.59. The van der Waals surface area contributed by atoms with E-state index in [1.54, 1.807) is 0 Å². The zero-order chi connectivity index (χ0) is 9.90. The summed E-state index contributed by atoms with van der Waals surface area (Å²) in [7, 11) is 0. The van der Waals surface area contributed by atoms with Crippen molar-refractivity contribution in [2.24, 2.45) is 5.92 Å². The first-order valence-electron chi connectivity index (χ1n) is 5.48. The summed E-state index contributed by atoms with van der Waals surface area (Å²) in [4.78, 5) is 0. The van der Waals surface area contributed by atoms with Crippen molar-refractivity contribution in [1.82, 2.24) is 5.32 Å². The van der Waals surface area contributed by atoms with E-state index in [0.717, 1.165) is 5.92 Å². The predicted octanol–water partition coefficient (Wildman–Crippen LogP) is 1.93. The molecular weight excluding hydrogens is 162 g/mol. The standard InChI is InChI=1S/C11H23NO/c1-4-5-10(9-6-7-9)12-8-11(2,3)13/h9-10,12-13H,4-8H2,1-3H3. The van der Waals surface area contributed by atoms with Gasteiger partial charge in [0.05, 0.1) is 5.60 Å². The molecule has 2 heteroatoms. The highest BCUT2D eigenvalue weighted by molar-refractivity contribution is 4.87. The number of rotatable bonds is 6. The molecule has 0 aromatic carbocycles. The Morgan fingerprint density at radius 3 is 2.46 bits per heavy atom. The average Bonchev–Trinajstić information content (AvgIpc) is 2.78. The second kappa shape index (κ2) is 4.43. The van der Waals surface area contributed by atoms with E-state index < -0.39 is 5.60 Å². The quantitative estimate of drug-likeness (QED) is 0.662. The molecule has 0 aromatic rings. The smallest absolute Gasteiger partial charge is 0.0715 e. The summed E-state index contributed by atoms with van der Waals surface area (Å²) in [5.41, 5.74) is -0.569. The summed E-state index contributed by atoms with van der Waals surface area (Å²) in [6.07, 6.45) is 5.24. The molecule has 0 radical (unpaired) electrons. The van der Waals surface area contributed by atoms with Crippen molar-refractivity contribution >= 4 is 0 Å². The summed E-state index contributed by atoms with van der Waals surface area (Å²) >= 11 is 0. The highest BCUT2D eigenvalue weighted by atomic mass is 16.3. The minimum Gasteiger partial charge on any atom is -0.389 e. The third kappa shape index (κ3) is 4.63. The molecule has 0 bridgehead atoms. The predicted molar refractivity (Wildman–Crippen MR) is 55.7 cm³/mol. The minimum atomic E-state index is -0.569. The first-order valence-corrected chi connectivity index (χ1v) is 5.48. The molecule has 1 atom stereocenters. The van der Waals surface area contributed by atoms with Gasteiger partial charge in [-0.25, -0.2) is 0 Å². The normalized spacial score (nSPS) is 20.3. The first-order chi connectivity index (χ1) is 6.03. The molecule has 0 saturated heterocycles. The lowest BCUT2D eigenvalue weighted by Gasteiger charge is -2.23. The maximum atomic E-state index is 9.57. The molecule has 1 fully saturated rings.